The average molecular weight is 280 g/mol. The monoisotopic (exact) mass is 279 g/mol. The van der Waals surface area contributed by atoms with Crippen LogP contribution in [0.3, 0.4) is 0 Å². The van der Waals surface area contributed by atoms with Crippen LogP contribution in [-0.4, -0.2) is 11.9 Å². The van der Waals surface area contributed by atoms with Gasteiger partial charge in [-0.1, -0.05) is 22.0 Å². The maximum atomic E-state index is 8.87. The van der Waals surface area contributed by atoms with Crippen LogP contribution in [0.5, 0.6) is 5.75 Å². The highest BCUT2D eigenvalue weighted by molar-refractivity contribution is 9.09. The summed E-state index contributed by atoms with van der Waals surface area (Å²) in [5.74, 6) is 1.46. The number of rotatable bonds is 2. The lowest BCUT2D eigenvalue weighted by atomic mass is 9.91. The first-order chi connectivity index (χ1) is 7.85. The van der Waals surface area contributed by atoms with Crippen molar-refractivity contribution in [3.63, 3.8) is 0 Å². The van der Waals surface area contributed by atoms with Gasteiger partial charge in [-0.2, -0.15) is 5.26 Å². The fourth-order valence-corrected chi connectivity index (χ4v) is 2.72. The number of fused-ring (bicyclic) bond motifs is 1. The summed E-state index contributed by atoms with van der Waals surface area (Å²) in [6.07, 6.45) is 3.39. The first-order valence-corrected chi connectivity index (χ1v) is 6.70. The summed E-state index contributed by atoms with van der Waals surface area (Å²) in [6, 6.07) is 7.95. The smallest absolute Gasteiger partial charge is 0.124 e. The zero-order valence-corrected chi connectivity index (χ0v) is 10.7. The minimum Gasteiger partial charge on any atom is -0.493 e. The van der Waals surface area contributed by atoms with Crippen molar-refractivity contribution in [3.8, 4) is 11.8 Å². The van der Waals surface area contributed by atoms with Crippen molar-refractivity contribution in [2.24, 2.45) is 0 Å². The number of hydrogen-bond acceptors (Lipinski definition) is 2. The molecule has 2 nitrogen and oxygen atoms in total. The van der Waals surface area contributed by atoms with E-state index in [0.717, 1.165) is 30.5 Å². The number of nitrogens with zero attached hydrogens (tertiary/aromatic N) is 1. The Kier molecular flexibility index (Phi) is 3.84. The maximum absolute atomic E-state index is 8.87. The van der Waals surface area contributed by atoms with Crippen LogP contribution in [0, 0.1) is 11.3 Å². The standard InChI is InChI=1S/C13H14BrNO/c14-6-5-11-2-1-7-16-13-8-10(9-15)3-4-12(11)13/h3-4,8,11H,1-2,5-7H2. The number of halogens is 1. The Morgan fingerprint density at radius 1 is 1.50 bits per heavy atom. The highest BCUT2D eigenvalue weighted by atomic mass is 79.9. The molecule has 0 spiro atoms. The van der Waals surface area contributed by atoms with Gasteiger partial charge >= 0.3 is 0 Å². The molecule has 2 rings (SSSR count). The second kappa shape index (κ2) is 5.36. The molecular weight excluding hydrogens is 266 g/mol. The number of ether oxygens (including phenoxy) is 1. The number of benzene rings is 1. The normalized spacial score (nSPS) is 19.1. The van der Waals surface area contributed by atoms with Crippen LogP contribution < -0.4 is 4.74 Å². The van der Waals surface area contributed by atoms with Crippen LogP contribution in [0.4, 0.5) is 0 Å². The highest BCUT2D eigenvalue weighted by Crippen LogP contribution is 2.36. The Morgan fingerprint density at radius 3 is 3.12 bits per heavy atom. The molecule has 0 radical (unpaired) electrons. The lowest BCUT2D eigenvalue weighted by molar-refractivity contribution is 0.316. The highest BCUT2D eigenvalue weighted by Gasteiger charge is 2.19. The van der Waals surface area contributed by atoms with E-state index in [4.69, 9.17) is 10.00 Å². The predicted molar refractivity (Wildman–Crippen MR) is 67.0 cm³/mol. The summed E-state index contributed by atoms with van der Waals surface area (Å²) < 4.78 is 5.70. The molecule has 1 heterocycles. The van der Waals surface area contributed by atoms with Crippen LogP contribution in [-0.2, 0) is 0 Å². The minimum absolute atomic E-state index is 0.560. The molecular formula is C13H14BrNO. The van der Waals surface area contributed by atoms with E-state index >= 15 is 0 Å². The Labute approximate surface area is 104 Å². The topological polar surface area (TPSA) is 33.0 Å². The van der Waals surface area contributed by atoms with E-state index in [1.807, 2.05) is 18.2 Å². The van der Waals surface area contributed by atoms with Crippen LogP contribution in [0.2, 0.25) is 0 Å². The van der Waals surface area contributed by atoms with Crippen molar-refractivity contribution in [1.82, 2.24) is 0 Å². The van der Waals surface area contributed by atoms with Gasteiger partial charge in [0.05, 0.1) is 18.2 Å². The van der Waals surface area contributed by atoms with Gasteiger partial charge in [-0.25, -0.2) is 0 Å². The summed E-state index contributed by atoms with van der Waals surface area (Å²) in [7, 11) is 0. The summed E-state index contributed by atoms with van der Waals surface area (Å²) in [4.78, 5) is 0. The maximum Gasteiger partial charge on any atom is 0.124 e. The van der Waals surface area contributed by atoms with Gasteiger partial charge in [0.25, 0.3) is 0 Å². The van der Waals surface area contributed by atoms with Gasteiger partial charge in [0.1, 0.15) is 5.75 Å². The van der Waals surface area contributed by atoms with Crippen molar-refractivity contribution in [3.05, 3.63) is 29.3 Å². The van der Waals surface area contributed by atoms with E-state index < -0.39 is 0 Å². The molecule has 1 aliphatic heterocycles. The fourth-order valence-electron chi connectivity index (χ4n) is 2.17. The van der Waals surface area contributed by atoms with E-state index in [-0.39, 0.29) is 0 Å². The summed E-state index contributed by atoms with van der Waals surface area (Å²) in [5, 5.41) is 9.88. The summed E-state index contributed by atoms with van der Waals surface area (Å²) in [6.45, 7) is 0.765. The zero-order valence-electron chi connectivity index (χ0n) is 9.08. The van der Waals surface area contributed by atoms with Crippen LogP contribution in [0.15, 0.2) is 18.2 Å². The number of nitriles is 1. The van der Waals surface area contributed by atoms with Crippen molar-refractivity contribution in [2.75, 3.05) is 11.9 Å². The van der Waals surface area contributed by atoms with E-state index in [9.17, 15) is 0 Å². The first-order valence-electron chi connectivity index (χ1n) is 5.58. The van der Waals surface area contributed by atoms with Crippen molar-refractivity contribution < 1.29 is 4.74 Å². The van der Waals surface area contributed by atoms with Crippen molar-refractivity contribution in [2.45, 2.75) is 25.2 Å². The molecule has 84 valence electrons. The van der Waals surface area contributed by atoms with Gasteiger partial charge in [-0.15, -0.1) is 0 Å². The Bertz CT molecular complexity index is 411. The van der Waals surface area contributed by atoms with Gasteiger partial charge < -0.3 is 4.74 Å². The average Bonchev–Trinajstić information content (AvgIpc) is 2.52. The quantitative estimate of drug-likeness (QED) is 0.775. The van der Waals surface area contributed by atoms with Crippen molar-refractivity contribution >= 4 is 15.9 Å². The molecule has 1 atom stereocenters. The van der Waals surface area contributed by atoms with E-state index in [0.29, 0.717) is 11.5 Å². The predicted octanol–water partition coefficient (Wildman–Crippen LogP) is 3.60. The first kappa shape index (κ1) is 11.5. The van der Waals surface area contributed by atoms with Crippen LogP contribution >= 0.6 is 15.9 Å². The lowest BCUT2D eigenvalue weighted by Gasteiger charge is -2.15. The molecule has 1 aliphatic rings. The van der Waals surface area contributed by atoms with Gasteiger partial charge in [-0.3, -0.25) is 0 Å². The second-order valence-electron chi connectivity index (χ2n) is 4.03. The third-order valence-corrected chi connectivity index (χ3v) is 3.45. The van der Waals surface area contributed by atoms with E-state index in [1.54, 1.807) is 0 Å². The zero-order chi connectivity index (χ0) is 11.4. The number of hydrogen-bond donors (Lipinski definition) is 0. The summed E-state index contributed by atoms with van der Waals surface area (Å²) in [5.41, 5.74) is 1.94. The van der Waals surface area contributed by atoms with Crippen molar-refractivity contribution in [1.29, 1.82) is 5.26 Å². The third kappa shape index (κ3) is 2.38. The molecule has 3 heteroatoms. The molecule has 0 N–H and O–H groups in total. The molecule has 0 fully saturated rings. The molecule has 0 saturated heterocycles. The van der Waals surface area contributed by atoms with Gasteiger partial charge in [0, 0.05) is 5.33 Å². The van der Waals surface area contributed by atoms with Gasteiger partial charge in [0.15, 0.2) is 0 Å². The second-order valence-corrected chi connectivity index (χ2v) is 4.82. The fraction of sp³-hybridized carbons (Fsp3) is 0.462. The van der Waals surface area contributed by atoms with E-state index in [1.165, 1.54) is 12.0 Å². The molecule has 0 saturated carbocycles. The molecule has 0 bridgehead atoms. The molecule has 1 unspecified atom stereocenters. The molecule has 0 aromatic heterocycles. The minimum atomic E-state index is 0.560. The van der Waals surface area contributed by atoms with Gasteiger partial charge in [-0.05, 0) is 42.9 Å². The lowest BCUT2D eigenvalue weighted by Crippen LogP contribution is -1.99. The largest absolute Gasteiger partial charge is 0.493 e. The molecule has 1 aromatic rings. The van der Waals surface area contributed by atoms with Gasteiger partial charge in [0.2, 0.25) is 0 Å². The molecule has 1 aromatic carbocycles. The molecule has 0 aliphatic carbocycles. The Morgan fingerprint density at radius 2 is 2.38 bits per heavy atom. The summed E-state index contributed by atoms with van der Waals surface area (Å²) >= 11 is 3.50. The number of alkyl halides is 1. The molecule has 16 heavy (non-hydrogen) atoms. The van der Waals surface area contributed by atoms with Crippen LogP contribution in [0.25, 0.3) is 0 Å². The molecule has 0 amide bonds. The third-order valence-electron chi connectivity index (χ3n) is 2.99. The van der Waals surface area contributed by atoms with E-state index in [2.05, 4.69) is 22.0 Å². The van der Waals surface area contributed by atoms with Crippen LogP contribution in [0.1, 0.15) is 36.3 Å². The Balaban J connectivity index is 2.35. The Hall–Kier alpha value is -1.01. The SMILES string of the molecule is N#Cc1ccc2c(c1)OCCCC2CCBr.